The number of hydrogen-bond donors (Lipinski definition) is 0. The minimum atomic E-state index is -4.65. The summed E-state index contributed by atoms with van der Waals surface area (Å²) in [6.07, 6.45) is -4.36. The number of hydrogen-bond acceptors (Lipinski definition) is 3. The maximum atomic E-state index is 12.4. The standard InChI is InChI=1S/C10H5F3N2O/c11-10(12,13)9-14-7-4-2-1-3-6(7)8(5-16)15-9/h1-5H. The van der Waals surface area contributed by atoms with Crippen LogP contribution in [-0.2, 0) is 6.18 Å². The van der Waals surface area contributed by atoms with E-state index >= 15 is 0 Å². The smallest absolute Gasteiger partial charge is 0.296 e. The number of para-hydroxylation sites is 1. The van der Waals surface area contributed by atoms with Crippen LogP contribution in [0, 0.1) is 0 Å². The van der Waals surface area contributed by atoms with Gasteiger partial charge < -0.3 is 0 Å². The highest BCUT2D eigenvalue weighted by molar-refractivity contribution is 5.94. The number of halogens is 3. The van der Waals surface area contributed by atoms with Gasteiger partial charge in [0.15, 0.2) is 6.29 Å². The quantitative estimate of drug-likeness (QED) is 0.701. The van der Waals surface area contributed by atoms with Crippen molar-refractivity contribution in [1.82, 2.24) is 9.97 Å². The lowest BCUT2D eigenvalue weighted by molar-refractivity contribution is -0.144. The molecule has 0 fully saturated rings. The van der Waals surface area contributed by atoms with E-state index in [1.807, 2.05) is 0 Å². The van der Waals surface area contributed by atoms with Crippen LogP contribution in [0.15, 0.2) is 24.3 Å². The zero-order valence-electron chi connectivity index (χ0n) is 7.82. The van der Waals surface area contributed by atoms with E-state index in [4.69, 9.17) is 0 Å². The Morgan fingerprint density at radius 3 is 2.44 bits per heavy atom. The molecule has 0 saturated heterocycles. The third-order valence-electron chi connectivity index (χ3n) is 2.00. The zero-order chi connectivity index (χ0) is 11.8. The van der Waals surface area contributed by atoms with Crippen molar-refractivity contribution in [3.05, 3.63) is 35.8 Å². The SMILES string of the molecule is O=Cc1nc(C(F)(F)F)nc2ccccc12. The number of alkyl halides is 3. The Morgan fingerprint density at radius 1 is 1.12 bits per heavy atom. The molecule has 1 heterocycles. The van der Waals surface area contributed by atoms with Gasteiger partial charge in [0.2, 0.25) is 5.82 Å². The van der Waals surface area contributed by atoms with E-state index in [1.54, 1.807) is 12.1 Å². The van der Waals surface area contributed by atoms with E-state index in [0.717, 1.165) is 0 Å². The fourth-order valence-electron chi connectivity index (χ4n) is 1.32. The summed E-state index contributed by atoms with van der Waals surface area (Å²) < 4.78 is 37.2. The molecule has 0 aliphatic rings. The summed E-state index contributed by atoms with van der Waals surface area (Å²) in [6, 6.07) is 6.05. The largest absolute Gasteiger partial charge is 0.451 e. The van der Waals surface area contributed by atoms with E-state index in [-0.39, 0.29) is 11.2 Å². The van der Waals surface area contributed by atoms with Crippen LogP contribution in [0.5, 0.6) is 0 Å². The molecule has 0 atom stereocenters. The van der Waals surface area contributed by atoms with Gasteiger partial charge in [-0.15, -0.1) is 0 Å². The topological polar surface area (TPSA) is 42.9 Å². The molecule has 2 rings (SSSR count). The Labute approximate surface area is 87.9 Å². The molecule has 0 N–H and O–H groups in total. The predicted molar refractivity (Wildman–Crippen MR) is 49.9 cm³/mol. The molecule has 0 saturated carbocycles. The molecule has 3 nitrogen and oxygen atoms in total. The molecular weight excluding hydrogens is 221 g/mol. The van der Waals surface area contributed by atoms with Crippen LogP contribution in [0.1, 0.15) is 16.3 Å². The van der Waals surface area contributed by atoms with Gasteiger partial charge in [-0.05, 0) is 6.07 Å². The second kappa shape index (κ2) is 3.55. The molecule has 0 unspecified atom stereocenters. The number of rotatable bonds is 1. The van der Waals surface area contributed by atoms with E-state index in [0.29, 0.717) is 11.7 Å². The molecule has 1 aromatic carbocycles. The third kappa shape index (κ3) is 1.73. The number of aldehydes is 1. The first kappa shape index (κ1) is 10.5. The highest BCUT2D eigenvalue weighted by Crippen LogP contribution is 2.27. The van der Waals surface area contributed by atoms with Gasteiger partial charge in [-0.25, -0.2) is 9.97 Å². The fraction of sp³-hybridized carbons (Fsp3) is 0.100. The maximum absolute atomic E-state index is 12.4. The lowest BCUT2D eigenvalue weighted by Gasteiger charge is -2.07. The molecule has 1 aromatic heterocycles. The number of aromatic nitrogens is 2. The van der Waals surface area contributed by atoms with Crippen LogP contribution in [0.3, 0.4) is 0 Å². The molecule has 0 bridgehead atoms. The van der Waals surface area contributed by atoms with Crippen molar-refractivity contribution in [2.75, 3.05) is 0 Å². The zero-order valence-corrected chi connectivity index (χ0v) is 7.82. The van der Waals surface area contributed by atoms with Crippen molar-refractivity contribution in [3.8, 4) is 0 Å². The number of carbonyl (C=O) groups excluding carboxylic acids is 1. The van der Waals surface area contributed by atoms with Gasteiger partial charge in [-0.2, -0.15) is 13.2 Å². The number of fused-ring (bicyclic) bond motifs is 1. The van der Waals surface area contributed by atoms with E-state index in [2.05, 4.69) is 9.97 Å². The van der Waals surface area contributed by atoms with Gasteiger partial charge >= 0.3 is 6.18 Å². The Kier molecular flexibility index (Phi) is 2.34. The highest BCUT2D eigenvalue weighted by Gasteiger charge is 2.35. The Morgan fingerprint density at radius 2 is 1.81 bits per heavy atom. The normalized spacial score (nSPS) is 11.7. The van der Waals surface area contributed by atoms with Gasteiger partial charge in [0, 0.05) is 5.39 Å². The van der Waals surface area contributed by atoms with Crippen LogP contribution >= 0.6 is 0 Å². The molecule has 16 heavy (non-hydrogen) atoms. The van der Waals surface area contributed by atoms with E-state index in [1.165, 1.54) is 12.1 Å². The second-order valence-electron chi connectivity index (χ2n) is 3.07. The lowest BCUT2D eigenvalue weighted by atomic mass is 10.2. The molecule has 0 aliphatic heterocycles. The Bertz CT molecular complexity index is 551. The molecule has 0 amide bonds. The summed E-state index contributed by atoms with van der Waals surface area (Å²) in [5.41, 5.74) is -0.148. The van der Waals surface area contributed by atoms with Crippen molar-refractivity contribution >= 4 is 17.2 Å². The summed E-state index contributed by atoms with van der Waals surface area (Å²) in [5.74, 6) is -1.30. The first-order valence-corrected chi connectivity index (χ1v) is 4.31. The number of benzene rings is 1. The minimum Gasteiger partial charge on any atom is -0.296 e. The molecule has 2 aromatic rings. The van der Waals surface area contributed by atoms with Crippen molar-refractivity contribution in [2.24, 2.45) is 0 Å². The first-order chi connectivity index (χ1) is 7.52. The summed E-state index contributed by atoms with van der Waals surface area (Å²) in [6.45, 7) is 0. The summed E-state index contributed by atoms with van der Waals surface area (Å²) in [7, 11) is 0. The van der Waals surface area contributed by atoms with Gasteiger partial charge in [-0.1, -0.05) is 18.2 Å². The Hall–Kier alpha value is -1.98. The maximum Gasteiger partial charge on any atom is 0.451 e. The highest BCUT2D eigenvalue weighted by atomic mass is 19.4. The van der Waals surface area contributed by atoms with Crippen molar-refractivity contribution in [1.29, 1.82) is 0 Å². The fourth-order valence-corrected chi connectivity index (χ4v) is 1.32. The molecule has 0 spiro atoms. The summed E-state index contributed by atoms with van der Waals surface area (Å²) in [5, 5.41) is 0.311. The first-order valence-electron chi connectivity index (χ1n) is 4.31. The van der Waals surface area contributed by atoms with Crippen LogP contribution in [-0.4, -0.2) is 16.3 Å². The average Bonchev–Trinajstić information content (AvgIpc) is 2.26. The van der Waals surface area contributed by atoms with Crippen molar-refractivity contribution < 1.29 is 18.0 Å². The van der Waals surface area contributed by atoms with Gasteiger partial charge in [0.05, 0.1) is 5.52 Å². The Balaban J connectivity index is 2.78. The van der Waals surface area contributed by atoms with E-state index in [9.17, 15) is 18.0 Å². The van der Waals surface area contributed by atoms with Gasteiger partial charge in [0.1, 0.15) is 5.69 Å². The van der Waals surface area contributed by atoms with E-state index < -0.39 is 12.0 Å². The predicted octanol–water partition coefficient (Wildman–Crippen LogP) is 2.46. The second-order valence-corrected chi connectivity index (χ2v) is 3.07. The molecular formula is C10H5F3N2O. The van der Waals surface area contributed by atoms with Crippen molar-refractivity contribution in [3.63, 3.8) is 0 Å². The summed E-state index contributed by atoms with van der Waals surface area (Å²) in [4.78, 5) is 17.2. The molecule has 0 aliphatic carbocycles. The van der Waals surface area contributed by atoms with Crippen LogP contribution in [0.25, 0.3) is 10.9 Å². The monoisotopic (exact) mass is 226 g/mol. The van der Waals surface area contributed by atoms with Gasteiger partial charge in [-0.3, -0.25) is 4.79 Å². The van der Waals surface area contributed by atoms with Crippen LogP contribution in [0.4, 0.5) is 13.2 Å². The van der Waals surface area contributed by atoms with Crippen molar-refractivity contribution in [2.45, 2.75) is 6.18 Å². The third-order valence-corrected chi connectivity index (χ3v) is 2.00. The minimum absolute atomic E-state index is 0.104. The van der Waals surface area contributed by atoms with Crippen LogP contribution < -0.4 is 0 Å². The molecule has 0 radical (unpaired) electrons. The molecule has 6 heteroatoms. The molecule has 82 valence electrons. The van der Waals surface area contributed by atoms with Gasteiger partial charge in [0.25, 0.3) is 0 Å². The summed E-state index contributed by atoms with van der Waals surface area (Å²) >= 11 is 0. The number of nitrogens with zero attached hydrogens (tertiary/aromatic N) is 2. The number of carbonyl (C=O) groups is 1. The lowest BCUT2D eigenvalue weighted by Crippen LogP contribution is -2.12. The average molecular weight is 226 g/mol. The van der Waals surface area contributed by atoms with Crippen LogP contribution in [0.2, 0.25) is 0 Å².